The van der Waals surface area contributed by atoms with Crippen molar-refractivity contribution < 1.29 is 9.53 Å². The normalized spacial score (nSPS) is 11.7. The number of rotatable bonds is 3. The third-order valence-electron chi connectivity index (χ3n) is 3.34. The lowest BCUT2D eigenvalue weighted by Gasteiger charge is -2.02. The Labute approximate surface area is 125 Å². The molecular weight excluding hydrogens is 288 g/mol. The van der Waals surface area contributed by atoms with E-state index in [0.29, 0.717) is 11.5 Å². The molecular formula is C14H16N4O2S. The summed E-state index contributed by atoms with van der Waals surface area (Å²) in [4.78, 5) is 17.8. The van der Waals surface area contributed by atoms with Crippen LogP contribution in [-0.2, 0) is 4.74 Å². The first kappa shape index (κ1) is 13.9. The number of ether oxygens (including phenoxy) is 1. The van der Waals surface area contributed by atoms with E-state index in [1.54, 1.807) is 13.3 Å². The Morgan fingerprint density at radius 2 is 2.19 bits per heavy atom. The van der Waals surface area contributed by atoms with Crippen molar-refractivity contribution >= 4 is 33.2 Å². The van der Waals surface area contributed by atoms with Crippen molar-refractivity contribution in [1.82, 2.24) is 19.6 Å². The lowest BCUT2D eigenvalue weighted by molar-refractivity contribution is 0.0531. The second-order valence-electron chi connectivity index (χ2n) is 5.11. The summed E-state index contributed by atoms with van der Waals surface area (Å²) in [6, 6.07) is 0. The predicted octanol–water partition coefficient (Wildman–Crippen LogP) is 2.95. The Morgan fingerprint density at radius 3 is 2.86 bits per heavy atom. The highest BCUT2D eigenvalue weighted by atomic mass is 32.1. The first-order chi connectivity index (χ1) is 10.0. The summed E-state index contributed by atoms with van der Waals surface area (Å²) in [6.07, 6.45) is 1.72. The lowest BCUT2D eigenvalue weighted by Crippen LogP contribution is -2.03. The van der Waals surface area contributed by atoms with Crippen LogP contribution >= 0.6 is 11.3 Å². The van der Waals surface area contributed by atoms with Crippen molar-refractivity contribution in [2.75, 3.05) is 6.61 Å². The average molecular weight is 304 g/mol. The maximum Gasteiger partial charge on any atom is 0.348 e. The van der Waals surface area contributed by atoms with Gasteiger partial charge >= 0.3 is 5.97 Å². The molecule has 110 valence electrons. The van der Waals surface area contributed by atoms with Crippen LogP contribution in [0.5, 0.6) is 0 Å². The van der Waals surface area contributed by atoms with Crippen LogP contribution in [0.15, 0.2) is 6.33 Å². The van der Waals surface area contributed by atoms with E-state index in [1.165, 1.54) is 11.3 Å². The molecule has 3 aromatic rings. The minimum atomic E-state index is -0.306. The van der Waals surface area contributed by atoms with E-state index in [0.717, 1.165) is 27.3 Å². The third kappa shape index (κ3) is 2.08. The summed E-state index contributed by atoms with van der Waals surface area (Å²) < 4.78 is 6.99. The fourth-order valence-corrected chi connectivity index (χ4v) is 3.37. The van der Waals surface area contributed by atoms with Crippen LogP contribution in [0.25, 0.3) is 15.9 Å². The van der Waals surface area contributed by atoms with Crippen LogP contribution < -0.4 is 0 Å². The molecule has 0 bridgehead atoms. The lowest BCUT2D eigenvalue weighted by atomic mass is 10.2. The van der Waals surface area contributed by atoms with Gasteiger partial charge < -0.3 is 4.74 Å². The molecule has 0 saturated carbocycles. The van der Waals surface area contributed by atoms with Gasteiger partial charge in [-0.2, -0.15) is 0 Å². The van der Waals surface area contributed by atoms with Gasteiger partial charge in [0.15, 0.2) is 5.65 Å². The molecule has 3 rings (SSSR count). The van der Waals surface area contributed by atoms with Gasteiger partial charge in [-0.05, 0) is 19.4 Å². The third-order valence-corrected chi connectivity index (χ3v) is 4.52. The molecule has 0 aliphatic heterocycles. The number of hydrogen-bond donors (Lipinski definition) is 0. The first-order valence-electron chi connectivity index (χ1n) is 6.84. The molecule has 0 aliphatic carbocycles. The van der Waals surface area contributed by atoms with Crippen molar-refractivity contribution in [3.8, 4) is 0 Å². The number of esters is 1. The molecule has 3 heterocycles. The number of aryl methyl sites for hydroxylation is 1. The zero-order chi connectivity index (χ0) is 15.1. The van der Waals surface area contributed by atoms with Crippen LogP contribution in [0.3, 0.4) is 0 Å². The van der Waals surface area contributed by atoms with E-state index in [2.05, 4.69) is 29.0 Å². The quantitative estimate of drug-likeness (QED) is 0.696. The summed E-state index contributed by atoms with van der Waals surface area (Å²) in [6.45, 7) is 8.18. The second kappa shape index (κ2) is 5.07. The maximum absolute atomic E-state index is 12.0. The molecule has 7 heteroatoms. The van der Waals surface area contributed by atoms with Gasteiger partial charge in [-0.15, -0.1) is 21.5 Å². The molecule has 0 radical (unpaired) electrons. The van der Waals surface area contributed by atoms with Crippen molar-refractivity contribution in [2.24, 2.45) is 0 Å². The summed E-state index contributed by atoms with van der Waals surface area (Å²) in [5.41, 5.74) is 1.60. The van der Waals surface area contributed by atoms with E-state index in [4.69, 9.17) is 4.74 Å². The van der Waals surface area contributed by atoms with Gasteiger partial charge in [0.1, 0.15) is 21.9 Å². The van der Waals surface area contributed by atoms with Crippen LogP contribution in [0, 0.1) is 6.92 Å². The molecule has 0 N–H and O–H groups in total. The zero-order valence-electron chi connectivity index (χ0n) is 12.4. The Balaban J connectivity index is 2.28. The number of nitrogens with zero attached hydrogens (tertiary/aromatic N) is 4. The molecule has 0 atom stereocenters. The standard InChI is InChI=1S/C14H16N4O2S/c1-5-20-14(19)10-8(4)9-12-17-16-11(7(2)3)18(12)6-15-13(9)21-10/h6-7H,5H2,1-4H3. The number of hydrogen-bond acceptors (Lipinski definition) is 6. The smallest absolute Gasteiger partial charge is 0.348 e. The fourth-order valence-electron chi connectivity index (χ4n) is 2.34. The summed E-state index contributed by atoms with van der Waals surface area (Å²) >= 11 is 1.34. The van der Waals surface area contributed by atoms with Crippen LogP contribution in [0.4, 0.5) is 0 Å². The molecule has 0 aromatic carbocycles. The van der Waals surface area contributed by atoms with Gasteiger partial charge in [0.05, 0.1) is 12.0 Å². The van der Waals surface area contributed by atoms with Crippen molar-refractivity contribution in [2.45, 2.75) is 33.6 Å². The summed E-state index contributed by atoms with van der Waals surface area (Å²) in [5.74, 6) is 0.810. The van der Waals surface area contributed by atoms with Gasteiger partial charge in [-0.25, -0.2) is 9.78 Å². The Kier molecular flexibility index (Phi) is 3.36. The van der Waals surface area contributed by atoms with Crippen LogP contribution in [-0.4, -0.2) is 32.2 Å². The highest BCUT2D eigenvalue weighted by Crippen LogP contribution is 2.32. The largest absolute Gasteiger partial charge is 0.462 e. The topological polar surface area (TPSA) is 69.4 Å². The van der Waals surface area contributed by atoms with E-state index >= 15 is 0 Å². The molecule has 3 aromatic heterocycles. The molecule has 21 heavy (non-hydrogen) atoms. The highest BCUT2D eigenvalue weighted by molar-refractivity contribution is 7.20. The molecule has 0 saturated heterocycles. The maximum atomic E-state index is 12.0. The summed E-state index contributed by atoms with van der Waals surface area (Å²) in [7, 11) is 0. The van der Waals surface area contributed by atoms with Gasteiger partial charge in [0.25, 0.3) is 0 Å². The monoisotopic (exact) mass is 304 g/mol. The van der Waals surface area contributed by atoms with E-state index in [9.17, 15) is 4.79 Å². The van der Waals surface area contributed by atoms with Gasteiger partial charge in [-0.1, -0.05) is 13.8 Å². The van der Waals surface area contributed by atoms with Crippen molar-refractivity contribution in [1.29, 1.82) is 0 Å². The minimum absolute atomic E-state index is 0.253. The zero-order valence-corrected chi connectivity index (χ0v) is 13.2. The number of aromatic nitrogens is 4. The van der Waals surface area contributed by atoms with E-state index in [-0.39, 0.29) is 11.9 Å². The molecule has 0 amide bonds. The average Bonchev–Trinajstić information content (AvgIpc) is 3.00. The van der Waals surface area contributed by atoms with Gasteiger partial charge in [-0.3, -0.25) is 4.40 Å². The first-order valence-corrected chi connectivity index (χ1v) is 7.66. The fraction of sp³-hybridized carbons (Fsp3) is 0.429. The van der Waals surface area contributed by atoms with Crippen LogP contribution in [0.1, 0.15) is 47.7 Å². The minimum Gasteiger partial charge on any atom is -0.462 e. The molecule has 0 unspecified atom stereocenters. The number of carbonyl (C=O) groups excluding carboxylic acids is 1. The van der Waals surface area contributed by atoms with E-state index in [1.807, 2.05) is 11.3 Å². The molecule has 6 nitrogen and oxygen atoms in total. The van der Waals surface area contributed by atoms with E-state index < -0.39 is 0 Å². The second-order valence-corrected chi connectivity index (χ2v) is 6.11. The molecule has 0 fully saturated rings. The van der Waals surface area contributed by atoms with Gasteiger partial charge in [0.2, 0.25) is 0 Å². The Morgan fingerprint density at radius 1 is 1.43 bits per heavy atom. The number of thiophene rings is 1. The van der Waals surface area contributed by atoms with Gasteiger partial charge in [0, 0.05) is 5.92 Å². The molecule has 0 spiro atoms. The molecule has 0 aliphatic rings. The van der Waals surface area contributed by atoms with Crippen molar-refractivity contribution in [3.05, 3.63) is 22.6 Å². The predicted molar refractivity (Wildman–Crippen MR) is 80.9 cm³/mol. The Bertz CT molecular complexity index is 834. The SMILES string of the molecule is CCOC(=O)c1sc2ncn3c(C(C)C)nnc3c2c1C. The summed E-state index contributed by atoms with van der Waals surface area (Å²) in [5, 5.41) is 9.39. The number of carbonyl (C=O) groups is 1. The highest BCUT2D eigenvalue weighted by Gasteiger charge is 2.21. The Hall–Kier alpha value is -2.02. The number of fused-ring (bicyclic) bond motifs is 3. The van der Waals surface area contributed by atoms with Crippen molar-refractivity contribution in [3.63, 3.8) is 0 Å². The van der Waals surface area contributed by atoms with Crippen LogP contribution in [0.2, 0.25) is 0 Å².